The van der Waals surface area contributed by atoms with Gasteiger partial charge in [0.2, 0.25) is 0 Å². The molecule has 0 amide bonds. The van der Waals surface area contributed by atoms with Crippen LogP contribution in [0, 0.1) is 37.5 Å². The van der Waals surface area contributed by atoms with E-state index in [2.05, 4.69) is 93.0 Å². The van der Waals surface area contributed by atoms with Crippen LogP contribution in [0.4, 0.5) is 0 Å². The van der Waals surface area contributed by atoms with Crippen LogP contribution < -0.4 is 0 Å². The molecule has 8 aromatic rings. The Labute approximate surface area is 309 Å². The molecule has 0 N–H and O–H groups in total. The summed E-state index contributed by atoms with van der Waals surface area (Å²) in [7, 11) is 0. The average Bonchev–Trinajstić information content (AvgIpc) is 3.71. The van der Waals surface area contributed by atoms with E-state index in [4.69, 9.17) is 14.7 Å². The lowest BCUT2D eigenvalue weighted by atomic mass is 10.1. The molecule has 0 radical (unpaired) electrons. The molecule has 4 aromatic heterocycles. The van der Waals surface area contributed by atoms with Crippen LogP contribution in [0.15, 0.2) is 122 Å². The number of aromatic nitrogens is 6. The van der Waals surface area contributed by atoms with Crippen LogP contribution in [0.5, 0.6) is 0 Å². The molecule has 53 heavy (non-hydrogen) atoms. The summed E-state index contributed by atoms with van der Waals surface area (Å²) in [6.07, 6.45) is 6.33. The molecule has 0 aliphatic rings. The lowest BCUT2D eigenvalue weighted by Gasteiger charge is -2.19. The Morgan fingerprint density at radius 2 is 0.943 bits per heavy atom. The van der Waals surface area contributed by atoms with Gasteiger partial charge in [-0.1, -0.05) is 96.5 Å². The summed E-state index contributed by atoms with van der Waals surface area (Å²) in [6.45, 7) is 5.72. The van der Waals surface area contributed by atoms with Crippen molar-refractivity contribution in [3.05, 3.63) is 144 Å². The number of nitrogens with zero attached hydrogens (tertiary/aromatic N) is 6. The first kappa shape index (κ1) is 33.8. The van der Waals surface area contributed by atoms with Gasteiger partial charge in [-0.2, -0.15) is 0 Å². The smallest absolute Gasteiger partial charge is 0.120 e. The van der Waals surface area contributed by atoms with Crippen molar-refractivity contribution in [2.75, 3.05) is 0 Å². The number of fused-ring (bicyclic) bond motifs is 6. The number of hydrogen-bond acceptors (Lipinski definition) is 5. The van der Waals surface area contributed by atoms with Crippen molar-refractivity contribution in [1.82, 2.24) is 29.1 Å². The van der Waals surface area contributed by atoms with Gasteiger partial charge in [0.25, 0.3) is 0 Å². The highest BCUT2D eigenvalue weighted by Crippen LogP contribution is 2.27. The van der Waals surface area contributed by atoms with Gasteiger partial charge < -0.3 is 13.9 Å². The van der Waals surface area contributed by atoms with E-state index in [9.17, 15) is 0 Å². The number of rotatable bonds is 10. The standard InChI is InChI=1S/C46H40N6O/c1-33-49-43-31-47-41-23-11-9-21-39(41)45(43)51(33)29-13-19-37(27-25-35-15-5-3-6-16-35)53-38(28-26-36-17-7-4-8-18-36)20-14-30-52-34(2)50-44-32-48-42-24-12-10-22-40(42)46(44)52/h3-12,15-18,21-24,31-32,37-38H,13-14,19-20,29-30H2,1-2H3. The summed E-state index contributed by atoms with van der Waals surface area (Å²) in [5, 5.41) is 2.23. The SMILES string of the molecule is Cc1nc2cnc3ccccc3c2n1CCCC(C#Cc1ccccc1)OC(C#Cc1ccccc1)CCCn1c(C)nc2cnc3ccccc3c21. The van der Waals surface area contributed by atoms with Crippen LogP contribution in [0.2, 0.25) is 0 Å². The molecule has 4 aromatic carbocycles. The van der Waals surface area contributed by atoms with Gasteiger partial charge in [0.1, 0.15) is 34.9 Å². The summed E-state index contributed by atoms with van der Waals surface area (Å²) in [6, 6.07) is 36.8. The minimum Gasteiger partial charge on any atom is -0.350 e. The number of para-hydroxylation sites is 2. The number of imidazole rings is 2. The fourth-order valence-corrected chi connectivity index (χ4v) is 7.09. The van der Waals surface area contributed by atoms with E-state index in [1.807, 2.05) is 85.2 Å². The van der Waals surface area contributed by atoms with E-state index in [1.165, 1.54) is 0 Å². The van der Waals surface area contributed by atoms with Crippen molar-refractivity contribution in [3.8, 4) is 23.7 Å². The van der Waals surface area contributed by atoms with Crippen LogP contribution in [-0.2, 0) is 17.8 Å². The molecule has 260 valence electrons. The number of ether oxygens (including phenoxy) is 1. The highest BCUT2D eigenvalue weighted by molar-refractivity contribution is 6.03. The number of hydrogen-bond donors (Lipinski definition) is 0. The van der Waals surface area contributed by atoms with Gasteiger partial charge in [-0.3, -0.25) is 9.97 Å². The Morgan fingerprint density at radius 1 is 0.528 bits per heavy atom. The summed E-state index contributed by atoms with van der Waals surface area (Å²) in [4.78, 5) is 19.0. The minimum absolute atomic E-state index is 0.315. The van der Waals surface area contributed by atoms with E-state index in [1.54, 1.807) is 0 Å². The Balaban J connectivity index is 1.05. The fourth-order valence-electron chi connectivity index (χ4n) is 7.09. The molecule has 0 bridgehead atoms. The maximum absolute atomic E-state index is 6.89. The molecular formula is C46H40N6O. The van der Waals surface area contributed by atoms with Crippen molar-refractivity contribution < 1.29 is 4.74 Å². The van der Waals surface area contributed by atoms with Gasteiger partial charge in [0.05, 0.1) is 34.5 Å². The molecule has 0 aliphatic heterocycles. The summed E-state index contributed by atoms with van der Waals surface area (Å²) in [5.74, 6) is 15.7. The van der Waals surface area contributed by atoms with Crippen LogP contribution in [0.3, 0.4) is 0 Å². The van der Waals surface area contributed by atoms with Gasteiger partial charge in [0.15, 0.2) is 0 Å². The number of benzene rings is 4. The molecule has 7 heteroatoms. The van der Waals surface area contributed by atoms with E-state index in [0.29, 0.717) is 0 Å². The second kappa shape index (κ2) is 15.5. The summed E-state index contributed by atoms with van der Waals surface area (Å²) >= 11 is 0. The zero-order chi connectivity index (χ0) is 36.0. The van der Waals surface area contributed by atoms with Crippen molar-refractivity contribution in [3.63, 3.8) is 0 Å². The van der Waals surface area contributed by atoms with Crippen LogP contribution >= 0.6 is 0 Å². The van der Waals surface area contributed by atoms with Gasteiger partial charge >= 0.3 is 0 Å². The average molecular weight is 693 g/mol. The Morgan fingerprint density at radius 3 is 1.40 bits per heavy atom. The molecule has 2 unspecified atom stereocenters. The third kappa shape index (κ3) is 7.53. The van der Waals surface area contributed by atoms with Gasteiger partial charge in [-0.25, -0.2) is 9.97 Å². The first-order valence-electron chi connectivity index (χ1n) is 18.3. The molecule has 4 heterocycles. The Kier molecular flexibility index (Phi) is 9.92. The lowest BCUT2D eigenvalue weighted by molar-refractivity contribution is 0.0399. The van der Waals surface area contributed by atoms with Crippen LogP contribution in [-0.4, -0.2) is 41.3 Å². The lowest BCUT2D eigenvalue weighted by Crippen LogP contribution is -2.21. The summed E-state index contributed by atoms with van der Waals surface area (Å²) in [5.41, 5.74) is 7.95. The van der Waals surface area contributed by atoms with Crippen molar-refractivity contribution in [2.45, 2.75) is 64.8 Å². The first-order valence-corrected chi connectivity index (χ1v) is 18.3. The third-order valence-electron chi connectivity index (χ3n) is 9.67. The Hall–Kier alpha value is -6.28. The normalized spacial score (nSPS) is 12.4. The largest absolute Gasteiger partial charge is 0.350 e. The molecule has 0 aliphatic carbocycles. The number of pyridine rings is 2. The maximum atomic E-state index is 6.89. The van der Waals surface area contributed by atoms with E-state index >= 15 is 0 Å². The zero-order valence-electron chi connectivity index (χ0n) is 30.0. The predicted octanol–water partition coefficient (Wildman–Crippen LogP) is 9.22. The topological polar surface area (TPSA) is 70.7 Å². The van der Waals surface area contributed by atoms with Crippen molar-refractivity contribution in [1.29, 1.82) is 0 Å². The predicted molar refractivity (Wildman–Crippen MR) is 213 cm³/mol. The molecule has 0 fully saturated rings. The first-order chi connectivity index (χ1) is 26.1. The quantitative estimate of drug-likeness (QED) is 0.134. The van der Waals surface area contributed by atoms with Crippen molar-refractivity contribution in [2.24, 2.45) is 0 Å². The molecule has 0 saturated heterocycles. The van der Waals surface area contributed by atoms with E-state index < -0.39 is 0 Å². The maximum Gasteiger partial charge on any atom is 0.120 e. The minimum atomic E-state index is -0.315. The van der Waals surface area contributed by atoms with E-state index in [0.717, 1.165) is 105 Å². The molecule has 0 spiro atoms. The third-order valence-corrected chi connectivity index (χ3v) is 9.67. The zero-order valence-corrected chi connectivity index (χ0v) is 30.0. The van der Waals surface area contributed by atoms with Crippen LogP contribution in [0.1, 0.15) is 48.5 Å². The molecule has 8 rings (SSSR count). The number of aryl methyl sites for hydroxylation is 4. The molecule has 7 nitrogen and oxygen atoms in total. The highest BCUT2D eigenvalue weighted by Gasteiger charge is 2.17. The van der Waals surface area contributed by atoms with Gasteiger partial charge in [-0.15, -0.1) is 0 Å². The fraction of sp³-hybridized carbons (Fsp3) is 0.217. The Bertz CT molecular complexity index is 2470. The monoisotopic (exact) mass is 692 g/mol. The van der Waals surface area contributed by atoms with Crippen molar-refractivity contribution >= 4 is 43.9 Å². The molecule has 0 saturated carbocycles. The van der Waals surface area contributed by atoms with E-state index in [-0.39, 0.29) is 12.2 Å². The molecular weight excluding hydrogens is 653 g/mol. The second-order valence-corrected chi connectivity index (χ2v) is 13.3. The van der Waals surface area contributed by atoms with Gasteiger partial charge in [-0.05, 0) is 75.9 Å². The highest BCUT2D eigenvalue weighted by atomic mass is 16.5. The second-order valence-electron chi connectivity index (χ2n) is 13.3. The van der Waals surface area contributed by atoms with Crippen LogP contribution in [0.25, 0.3) is 43.9 Å². The molecule has 2 atom stereocenters. The van der Waals surface area contributed by atoms with Gasteiger partial charge in [0, 0.05) is 35.0 Å². The summed E-state index contributed by atoms with van der Waals surface area (Å²) < 4.78 is 11.5.